The zero-order valence-corrected chi connectivity index (χ0v) is 12.1. The van der Waals surface area contributed by atoms with Crippen molar-refractivity contribution in [2.75, 3.05) is 19.0 Å². The van der Waals surface area contributed by atoms with E-state index in [2.05, 4.69) is 15.6 Å². The predicted octanol–water partition coefficient (Wildman–Crippen LogP) is 2.91. The first-order valence-corrected chi connectivity index (χ1v) is 7.23. The number of nitrogens with one attached hydrogen (secondary N) is 2. The number of carbonyl (C=O) groups is 1. The number of ether oxygens (including phenoxy) is 1. The Morgan fingerprint density at radius 3 is 3.10 bits per heavy atom. The molecule has 1 heterocycles. The van der Waals surface area contributed by atoms with E-state index >= 15 is 0 Å². The minimum absolute atomic E-state index is 0.211. The molecule has 0 saturated heterocycles. The van der Waals surface area contributed by atoms with Crippen LogP contribution in [0.5, 0.6) is 5.75 Å². The average molecular weight is 291 g/mol. The predicted molar refractivity (Wildman–Crippen MR) is 80.5 cm³/mol. The van der Waals surface area contributed by atoms with Crippen molar-refractivity contribution in [1.29, 1.82) is 0 Å². The summed E-state index contributed by atoms with van der Waals surface area (Å²) in [5.74, 6) is 0.714. The maximum absolute atomic E-state index is 11.7. The summed E-state index contributed by atoms with van der Waals surface area (Å²) in [5.41, 5.74) is 0.710. The summed E-state index contributed by atoms with van der Waals surface area (Å²) in [6.07, 6.45) is 3.55. The summed E-state index contributed by atoms with van der Waals surface area (Å²) < 4.78 is 5.10. The fourth-order valence-corrected chi connectivity index (χ4v) is 2.36. The van der Waals surface area contributed by atoms with E-state index in [-0.39, 0.29) is 6.03 Å². The van der Waals surface area contributed by atoms with E-state index in [0.29, 0.717) is 18.0 Å². The van der Waals surface area contributed by atoms with Gasteiger partial charge < -0.3 is 15.4 Å². The molecule has 0 saturated carbocycles. The highest BCUT2D eigenvalue weighted by atomic mass is 32.1. The van der Waals surface area contributed by atoms with Crippen LogP contribution in [0.1, 0.15) is 11.4 Å². The third kappa shape index (κ3) is 4.55. The Hall–Kier alpha value is -2.08. The van der Waals surface area contributed by atoms with E-state index in [4.69, 9.17) is 4.74 Å². The minimum Gasteiger partial charge on any atom is -0.497 e. The molecule has 20 heavy (non-hydrogen) atoms. The van der Waals surface area contributed by atoms with Gasteiger partial charge in [-0.3, -0.25) is 0 Å². The quantitative estimate of drug-likeness (QED) is 0.804. The van der Waals surface area contributed by atoms with E-state index in [9.17, 15) is 4.79 Å². The number of nitrogens with zero attached hydrogens (tertiary/aromatic N) is 1. The lowest BCUT2D eigenvalue weighted by Crippen LogP contribution is -2.29. The van der Waals surface area contributed by atoms with Crippen molar-refractivity contribution in [3.63, 3.8) is 0 Å². The molecule has 0 unspecified atom stereocenters. The molecule has 2 rings (SSSR count). The molecule has 0 spiro atoms. The van der Waals surface area contributed by atoms with Crippen molar-refractivity contribution in [1.82, 2.24) is 10.3 Å². The van der Waals surface area contributed by atoms with Crippen LogP contribution >= 0.6 is 11.3 Å². The highest BCUT2D eigenvalue weighted by molar-refractivity contribution is 7.09. The Balaban J connectivity index is 1.69. The molecule has 2 aromatic rings. The number of carbonyl (C=O) groups excluding carboxylic acids is 1. The zero-order chi connectivity index (χ0) is 14.2. The fourth-order valence-electron chi connectivity index (χ4n) is 1.69. The largest absolute Gasteiger partial charge is 0.497 e. The van der Waals surface area contributed by atoms with Gasteiger partial charge in [-0.15, -0.1) is 11.3 Å². The molecule has 2 N–H and O–H groups in total. The molecule has 106 valence electrons. The second kappa shape index (κ2) is 7.49. The molecule has 0 atom stereocenters. The molecule has 0 bridgehead atoms. The van der Waals surface area contributed by atoms with E-state index < -0.39 is 0 Å². The van der Waals surface area contributed by atoms with Crippen molar-refractivity contribution in [2.45, 2.75) is 12.8 Å². The van der Waals surface area contributed by atoms with Crippen molar-refractivity contribution in [3.05, 3.63) is 40.8 Å². The number of methoxy groups -OCH3 is 1. The lowest BCUT2D eigenvalue weighted by Gasteiger charge is -2.08. The summed E-state index contributed by atoms with van der Waals surface area (Å²) in [7, 11) is 1.60. The van der Waals surface area contributed by atoms with Gasteiger partial charge >= 0.3 is 6.03 Å². The number of aryl methyl sites for hydroxylation is 1. The maximum Gasteiger partial charge on any atom is 0.319 e. The molecule has 0 aliphatic carbocycles. The van der Waals surface area contributed by atoms with Gasteiger partial charge in [0.05, 0.1) is 12.1 Å². The van der Waals surface area contributed by atoms with Crippen LogP contribution < -0.4 is 15.4 Å². The highest BCUT2D eigenvalue weighted by Gasteiger charge is 2.02. The molecule has 5 nitrogen and oxygen atoms in total. The van der Waals surface area contributed by atoms with Crippen LogP contribution in [0.15, 0.2) is 35.8 Å². The Kier molecular flexibility index (Phi) is 5.37. The number of urea groups is 1. The molecule has 0 fully saturated rings. The Bertz CT molecular complexity index is 543. The number of hydrogen-bond acceptors (Lipinski definition) is 4. The van der Waals surface area contributed by atoms with Crippen molar-refractivity contribution in [3.8, 4) is 5.75 Å². The molecule has 0 aliphatic heterocycles. The molecular weight excluding hydrogens is 274 g/mol. The molecular formula is C14H17N3O2S. The number of aromatic nitrogens is 1. The van der Waals surface area contributed by atoms with Crippen LogP contribution in [0, 0.1) is 0 Å². The van der Waals surface area contributed by atoms with Gasteiger partial charge in [0.1, 0.15) is 5.75 Å². The second-order valence-corrected chi connectivity index (χ2v) is 5.12. The molecule has 1 aromatic heterocycles. The van der Waals surface area contributed by atoms with Gasteiger partial charge in [-0.2, -0.15) is 0 Å². The van der Waals surface area contributed by atoms with Crippen LogP contribution in [0.3, 0.4) is 0 Å². The van der Waals surface area contributed by atoms with Crippen LogP contribution in [0.2, 0.25) is 0 Å². The number of hydrogen-bond donors (Lipinski definition) is 2. The first-order chi connectivity index (χ1) is 9.78. The normalized spacial score (nSPS) is 10.1. The molecule has 0 aliphatic rings. The first-order valence-electron chi connectivity index (χ1n) is 6.35. The topological polar surface area (TPSA) is 63.2 Å². The number of anilines is 1. The van der Waals surface area contributed by atoms with Crippen LogP contribution in [-0.4, -0.2) is 24.7 Å². The van der Waals surface area contributed by atoms with Gasteiger partial charge in [0.25, 0.3) is 0 Å². The second-order valence-electron chi connectivity index (χ2n) is 4.14. The van der Waals surface area contributed by atoms with Crippen molar-refractivity contribution >= 4 is 23.1 Å². The lowest BCUT2D eigenvalue weighted by atomic mass is 10.3. The van der Waals surface area contributed by atoms with E-state index in [1.165, 1.54) is 0 Å². The summed E-state index contributed by atoms with van der Waals surface area (Å²) in [6, 6.07) is 7.04. The summed E-state index contributed by atoms with van der Waals surface area (Å²) in [6.45, 7) is 0.620. The van der Waals surface area contributed by atoms with Crippen LogP contribution in [-0.2, 0) is 6.42 Å². The van der Waals surface area contributed by atoms with Crippen molar-refractivity contribution < 1.29 is 9.53 Å². The molecule has 2 amide bonds. The summed E-state index contributed by atoms with van der Waals surface area (Å²) >= 11 is 1.64. The molecule has 0 radical (unpaired) electrons. The van der Waals surface area contributed by atoms with Gasteiger partial charge in [0.15, 0.2) is 0 Å². The number of rotatable bonds is 6. The number of benzene rings is 1. The van der Waals surface area contributed by atoms with Crippen LogP contribution in [0.4, 0.5) is 10.5 Å². The Labute approximate surface area is 122 Å². The Morgan fingerprint density at radius 1 is 1.45 bits per heavy atom. The number of amides is 2. The summed E-state index contributed by atoms with van der Waals surface area (Å²) in [5, 5.41) is 8.64. The smallest absolute Gasteiger partial charge is 0.319 e. The molecule has 1 aromatic carbocycles. The first kappa shape index (κ1) is 14.3. The van der Waals surface area contributed by atoms with E-state index in [1.807, 2.05) is 23.6 Å². The summed E-state index contributed by atoms with van der Waals surface area (Å²) in [4.78, 5) is 15.9. The van der Waals surface area contributed by atoms with Crippen LogP contribution in [0.25, 0.3) is 0 Å². The van der Waals surface area contributed by atoms with Gasteiger partial charge in [-0.1, -0.05) is 6.07 Å². The average Bonchev–Trinajstić information content (AvgIpc) is 2.97. The van der Waals surface area contributed by atoms with Crippen molar-refractivity contribution in [2.24, 2.45) is 0 Å². The van der Waals surface area contributed by atoms with Gasteiger partial charge in [-0.25, -0.2) is 9.78 Å². The number of thiazole rings is 1. The van der Waals surface area contributed by atoms with Gasteiger partial charge in [-0.05, 0) is 18.6 Å². The highest BCUT2D eigenvalue weighted by Crippen LogP contribution is 2.16. The van der Waals surface area contributed by atoms with Gasteiger partial charge in [0.2, 0.25) is 0 Å². The third-order valence-corrected chi connectivity index (χ3v) is 3.50. The van der Waals surface area contributed by atoms with E-state index in [0.717, 1.165) is 17.8 Å². The lowest BCUT2D eigenvalue weighted by molar-refractivity contribution is 0.252. The third-order valence-electron chi connectivity index (χ3n) is 2.66. The Morgan fingerprint density at radius 2 is 2.35 bits per heavy atom. The van der Waals surface area contributed by atoms with E-state index in [1.54, 1.807) is 30.7 Å². The molecule has 6 heteroatoms. The maximum atomic E-state index is 11.7. The zero-order valence-electron chi connectivity index (χ0n) is 11.3. The standard InChI is InChI=1S/C14H17N3O2S/c1-19-12-5-2-4-11(10-12)17-14(18)16-7-3-6-13-15-8-9-20-13/h2,4-5,8-10H,3,6-7H2,1H3,(H2,16,17,18). The fraction of sp³-hybridized carbons (Fsp3) is 0.286. The minimum atomic E-state index is -0.211. The SMILES string of the molecule is COc1cccc(NC(=O)NCCCc2nccs2)c1. The van der Waals surface area contributed by atoms with Gasteiger partial charge in [0, 0.05) is 36.3 Å². The monoisotopic (exact) mass is 291 g/mol.